The second-order valence-corrected chi connectivity index (χ2v) is 6.49. The van der Waals surface area contributed by atoms with Gasteiger partial charge in [0.25, 0.3) is 0 Å². The zero-order chi connectivity index (χ0) is 13.0. The third-order valence-electron chi connectivity index (χ3n) is 2.94. The van der Waals surface area contributed by atoms with Gasteiger partial charge in [0.1, 0.15) is 0 Å². The fourth-order valence-corrected chi connectivity index (χ4v) is 4.86. The SMILES string of the molecule is COc1cccc(C(NN)C2CSCCS2)c1F. The van der Waals surface area contributed by atoms with Crippen LogP contribution in [0.4, 0.5) is 4.39 Å². The Morgan fingerprint density at radius 3 is 2.94 bits per heavy atom. The fraction of sp³-hybridized carbons (Fsp3) is 0.500. The second kappa shape index (κ2) is 6.65. The lowest BCUT2D eigenvalue weighted by Crippen LogP contribution is -2.38. The Kier molecular flexibility index (Phi) is 5.17. The number of halogens is 1. The lowest BCUT2D eigenvalue weighted by atomic mass is 10.0. The van der Waals surface area contributed by atoms with E-state index >= 15 is 0 Å². The van der Waals surface area contributed by atoms with E-state index in [4.69, 9.17) is 10.6 Å². The van der Waals surface area contributed by atoms with Gasteiger partial charge < -0.3 is 4.74 Å². The number of hydrazine groups is 1. The molecule has 3 nitrogen and oxygen atoms in total. The largest absolute Gasteiger partial charge is 0.494 e. The number of hydrogen-bond donors (Lipinski definition) is 2. The maximum Gasteiger partial charge on any atom is 0.169 e. The lowest BCUT2D eigenvalue weighted by Gasteiger charge is -2.29. The molecule has 1 aliphatic rings. The van der Waals surface area contributed by atoms with Crippen molar-refractivity contribution in [3.63, 3.8) is 0 Å². The molecule has 2 rings (SSSR count). The summed E-state index contributed by atoms with van der Waals surface area (Å²) in [6, 6.07) is 5.00. The van der Waals surface area contributed by atoms with Crippen LogP contribution in [-0.4, -0.2) is 29.6 Å². The minimum atomic E-state index is -0.320. The van der Waals surface area contributed by atoms with E-state index in [0.717, 1.165) is 17.3 Å². The molecular formula is C12H17FN2OS2. The van der Waals surface area contributed by atoms with E-state index in [0.29, 0.717) is 5.56 Å². The first-order valence-corrected chi connectivity index (χ1v) is 7.96. The van der Waals surface area contributed by atoms with Crippen LogP contribution in [0, 0.1) is 5.82 Å². The number of thioether (sulfide) groups is 2. The fourth-order valence-electron chi connectivity index (χ4n) is 2.02. The molecule has 2 atom stereocenters. The lowest BCUT2D eigenvalue weighted by molar-refractivity contribution is 0.379. The molecule has 1 saturated heterocycles. The summed E-state index contributed by atoms with van der Waals surface area (Å²) in [5.74, 6) is 8.78. The summed E-state index contributed by atoms with van der Waals surface area (Å²) in [6.07, 6.45) is 0. The third-order valence-corrected chi connectivity index (χ3v) is 5.81. The molecular weight excluding hydrogens is 271 g/mol. The van der Waals surface area contributed by atoms with Gasteiger partial charge in [0.05, 0.1) is 13.2 Å². The summed E-state index contributed by atoms with van der Waals surface area (Å²) >= 11 is 3.73. The summed E-state index contributed by atoms with van der Waals surface area (Å²) in [6.45, 7) is 0. The predicted molar refractivity (Wildman–Crippen MR) is 76.6 cm³/mol. The number of methoxy groups -OCH3 is 1. The van der Waals surface area contributed by atoms with Crippen LogP contribution in [-0.2, 0) is 0 Å². The van der Waals surface area contributed by atoms with Crippen molar-refractivity contribution in [1.29, 1.82) is 0 Å². The number of hydrogen-bond acceptors (Lipinski definition) is 5. The van der Waals surface area contributed by atoms with Gasteiger partial charge in [-0.05, 0) is 6.07 Å². The van der Waals surface area contributed by atoms with Crippen molar-refractivity contribution in [2.45, 2.75) is 11.3 Å². The van der Waals surface area contributed by atoms with Crippen LogP contribution in [0.15, 0.2) is 18.2 Å². The van der Waals surface area contributed by atoms with E-state index in [1.807, 2.05) is 23.5 Å². The van der Waals surface area contributed by atoms with Crippen LogP contribution in [0.3, 0.4) is 0 Å². The standard InChI is InChI=1S/C12H17FN2OS2/c1-16-9-4-2-3-8(11(9)13)12(15-14)10-7-17-5-6-18-10/h2-4,10,12,15H,5-7,14H2,1H3. The molecule has 1 aromatic rings. The maximum absolute atomic E-state index is 14.2. The highest BCUT2D eigenvalue weighted by atomic mass is 32.2. The van der Waals surface area contributed by atoms with E-state index in [1.54, 1.807) is 18.2 Å². The summed E-state index contributed by atoms with van der Waals surface area (Å²) in [5, 5.41) is 0.287. The molecule has 0 spiro atoms. The number of ether oxygens (including phenoxy) is 1. The van der Waals surface area contributed by atoms with Gasteiger partial charge in [-0.25, -0.2) is 4.39 Å². The Bertz CT molecular complexity index is 400. The highest BCUT2D eigenvalue weighted by Gasteiger charge is 2.28. The molecule has 3 N–H and O–H groups in total. The van der Waals surface area contributed by atoms with Crippen molar-refractivity contribution in [3.05, 3.63) is 29.6 Å². The molecule has 0 amide bonds. The van der Waals surface area contributed by atoms with Crippen molar-refractivity contribution in [3.8, 4) is 5.75 Å². The van der Waals surface area contributed by atoms with E-state index in [2.05, 4.69) is 5.43 Å². The van der Waals surface area contributed by atoms with E-state index in [-0.39, 0.29) is 22.9 Å². The number of nitrogens with one attached hydrogen (secondary N) is 1. The molecule has 1 heterocycles. The molecule has 100 valence electrons. The average molecular weight is 288 g/mol. The summed E-state index contributed by atoms with van der Waals surface area (Å²) < 4.78 is 19.2. The van der Waals surface area contributed by atoms with Gasteiger partial charge >= 0.3 is 0 Å². The topological polar surface area (TPSA) is 47.3 Å². The first kappa shape index (κ1) is 14.0. The van der Waals surface area contributed by atoms with Gasteiger partial charge in [-0.15, -0.1) is 0 Å². The number of nitrogens with two attached hydrogens (primary N) is 1. The highest BCUT2D eigenvalue weighted by molar-refractivity contribution is 8.06. The van der Waals surface area contributed by atoms with Gasteiger partial charge in [-0.1, -0.05) is 12.1 Å². The Hall–Kier alpha value is -0.430. The summed E-state index contributed by atoms with van der Waals surface area (Å²) in [4.78, 5) is 0. The molecule has 2 unspecified atom stereocenters. The molecule has 0 saturated carbocycles. The zero-order valence-electron chi connectivity index (χ0n) is 10.2. The van der Waals surface area contributed by atoms with Crippen LogP contribution < -0.4 is 16.0 Å². The Balaban J connectivity index is 2.26. The second-order valence-electron chi connectivity index (χ2n) is 3.99. The van der Waals surface area contributed by atoms with Crippen molar-refractivity contribution >= 4 is 23.5 Å². The minimum Gasteiger partial charge on any atom is -0.494 e. The molecule has 0 aliphatic carbocycles. The monoisotopic (exact) mass is 288 g/mol. The zero-order valence-corrected chi connectivity index (χ0v) is 11.8. The molecule has 1 fully saturated rings. The van der Waals surface area contributed by atoms with Gasteiger partial charge in [-0.2, -0.15) is 23.5 Å². The Morgan fingerprint density at radius 1 is 1.50 bits per heavy atom. The van der Waals surface area contributed by atoms with Crippen LogP contribution in [0.5, 0.6) is 5.75 Å². The normalized spacial score (nSPS) is 21.6. The quantitative estimate of drug-likeness (QED) is 0.657. The molecule has 0 radical (unpaired) electrons. The molecule has 18 heavy (non-hydrogen) atoms. The van der Waals surface area contributed by atoms with Crippen molar-refractivity contribution in [2.24, 2.45) is 5.84 Å². The van der Waals surface area contributed by atoms with Crippen molar-refractivity contribution in [1.82, 2.24) is 5.43 Å². The van der Waals surface area contributed by atoms with Gasteiger partial charge in [0, 0.05) is 28.1 Å². The van der Waals surface area contributed by atoms with Crippen molar-refractivity contribution in [2.75, 3.05) is 24.4 Å². The van der Waals surface area contributed by atoms with Crippen LogP contribution in [0.2, 0.25) is 0 Å². The van der Waals surface area contributed by atoms with E-state index in [1.165, 1.54) is 7.11 Å². The van der Waals surface area contributed by atoms with E-state index < -0.39 is 0 Å². The molecule has 0 aromatic heterocycles. The predicted octanol–water partition coefficient (Wildman–Crippen LogP) is 2.19. The minimum absolute atomic E-state index is 0.183. The highest BCUT2D eigenvalue weighted by Crippen LogP contribution is 2.35. The summed E-state index contributed by atoms with van der Waals surface area (Å²) in [7, 11) is 1.47. The molecule has 0 bridgehead atoms. The molecule has 6 heteroatoms. The van der Waals surface area contributed by atoms with Crippen LogP contribution in [0.1, 0.15) is 11.6 Å². The Morgan fingerprint density at radius 2 is 2.33 bits per heavy atom. The first-order valence-electron chi connectivity index (χ1n) is 5.75. The molecule has 1 aliphatic heterocycles. The van der Waals surface area contributed by atoms with Crippen LogP contribution >= 0.6 is 23.5 Å². The number of rotatable bonds is 4. The van der Waals surface area contributed by atoms with Crippen molar-refractivity contribution < 1.29 is 9.13 Å². The molecule has 1 aromatic carbocycles. The first-order chi connectivity index (χ1) is 8.77. The van der Waals surface area contributed by atoms with E-state index in [9.17, 15) is 4.39 Å². The number of benzene rings is 1. The Labute approximate surface area is 115 Å². The maximum atomic E-state index is 14.2. The van der Waals surface area contributed by atoms with Crippen LogP contribution in [0.25, 0.3) is 0 Å². The van der Waals surface area contributed by atoms with Gasteiger partial charge in [-0.3, -0.25) is 11.3 Å². The smallest absolute Gasteiger partial charge is 0.169 e. The summed E-state index contributed by atoms with van der Waals surface area (Å²) in [5.41, 5.74) is 3.33. The third kappa shape index (κ3) is 2.93. The van der Waals surface area contributed by atoms with Gasteiger partial charge in [0.15, 0.2) is 11.6 Å². The van der Waals surface area contributed by atoms with Gasteiger partial charge in [0.2, 0.25) is 0 Å². The average Bonchev–Trinajstić information content (AvgIpc) is 2.43.